The minimum Gasteiger partial charge on any atom is -0.495 e. The number of esters is 1. The SMILES string of the molecule is COC(=O)Cn1c(=NC(=O)c2cc(=O)c3ccccc3o2)sc2cccc(OC)c21. The molecule has 0 aliphatic carbocycles. The summed E-state index contributed by atoms with van der Waals surface area (Å²) in [6.45, 7) is -0.162. The van der Waals surface area contributed by atoms with Crippen molar-refractivity contribution in [3.63, 3.8) is 0 Å². The van der Waals surface area contributed by atoms with Crippen molar-refractivity contribution in [3.8, 4) is 5.75 Å². The van der Waals surface area contributed by atoms with Crippen molar-refractivity contribution in [3.05, 3.63) is 69.3 Å². The number of thiazole rings is 1. The molecule has 2 aromatic heterocycles. The fourth-order valence-corrected chi connectivity index (χ4v) is 4.08. The Hall–Kier alpha value is -3.72. The highest BCUT2D eigenvalue weighted by atomic mass is 32.1. The van der Waals surface area contributed by atoms with Gasteiger partial charge in [-0.3, -0.25) is 14.4 Å². The van der Waals surface area contributed by atoms with Crippen LogP contribution in [0.3, 0.4) is 0 Å². The summed E-state index contributed by atoms with van der Waals surface area (Å²) < 4.78 is 18.1. The minimum absolute atomic E-state index is 0.162. The molecule has 4 rings (SSSR count). The van der Waals surface area contributed by atoms with Crippen molar-refractivity contribution in [2.75, 3.05) is 14.2 Å². The lowest BCUT2D eigenvalue weighted by Gasteiger charge is -2.07. The number of methoxy groups -OCH3 is 2. The van der Waals surface area contributed by atoms with Crippen molar-refractivity contribution in [2.24, 2.45) is 4.99 Å². The normalized spacial score (nSPS) is 11.7. The van der Waals surface area contributed by atoms with E-state index in [1.807, 2.05) is 6.07 Å². The molecule has 0 radical (unpaired) electrons. The van der Waals surface area contributed by atoms with Gasteiger partial charge in [-0.15, -0.1) is 0 Å². The van der Waals surface area contributed by atoms with Crippen LogP contribution >= 0.6 is 11.3 Å². The smallest absolute Gasteiger partial charge is 0.325 e. The average molecular weight is 424 g/mol. The first-order valence-electron chi connectivity index (χ1n) is 8.87. The number of hydrogen-bond donors (Lipinski definition) is 0. The fourth-order valence-electron chi connectivity index (χ4n) is 3.04. The molecule has 2 aromatic carbocycles. The molecule has 0 atom stereocenters. The molecule has 9 heteroatoms. The first-order chi connectivity index (χ1) is 14.5. The van der Waals surface area contributed by atoms with E-state index >= 15 is 0 Å². The number of rotatable bonds is 4. The summed E-state index contributed by atoms with van der Waals surface area (Å²) in [6.07, 6.45) is 0. The molecular formula is C21H16N2O6S. The van der Waals surface area contributed by atoms with E-state index in [9.17, 15) is 14.4 Å². The van der Waals surface area contributed by atoms with Gasteiger partial charge in [0, 0.05) is 6.07 Å². The van der Waals surface area contributed by atoms with Crippen LogP contribution in [0.25, 0.3) is 21.2 Å². The molecule has 8 nitrogen and oxygen atoms in total. The van der Waals surface area contributed by atoms with E-state index in [0.717, 1.165) is 10.8 Å². The predicted octanol–water partition coefficient (Wildman–Crippen LogP) is 2.73. The number of para-hydroxylation sites is 2. The zero-order chi connectivity index (χ0) is 21.3. The standard InChI is InChI=1S/C21H16N2O6S/c1-27-15-8-5-9-17-19(15)23(11-18(25)28-2)21(30-17)22-20(26)16-10-13(24)12-6-3-4-7-14(12)29-16/h3-10H,11H2,1-2H3. The summed E-state index contributed by atoms with van der Waals surface area (Å²) in [5.41, 5.74) is 0.571. The van der Waals surface area contributed by atoms with Gasteiger partial charge >= 0.3 is 11.9 Å². The van der Waals surface area contributed by atoms with Gasteiger partial charge < -0.3 is 18.5 Å². The molecule has 0 bridgehead atoms. The van der Waals surface area contributed by atoms with Crippen LogP contribution in [0.4, 0.5) is 0 Å². The predicted molar refractivity (Wildman–Crippen MR) is 111 cm³/mol. The lowest BCUT2D eigenvalue weighted by molar-refractivity contribution is -0.141. The second-order valence-electron chi connectivity index (χ2n) is 6.24. The Labute approximate surface area is 173 Å². The van der Waals surface area contributed by atoms with Gasteiger partial charge in [-0.25, -0.2) is 0 Å². The number of fused-ring (bicyclic) bond motifs is 2. The zero-order valence-electron chi connectivity index (χ0n) is 16.1. The van der Waals surface area contributed by atoms with Crippen LogP contribution < -0.4 is 15.0 Å². The lowest BCUT2D eigenvalue weighted by Crippen LogP contribution is -2.22. The van der Waals surface area contributed by atoms with Crippen LogP contribution in [0.15, 0.2) is 62.7 Å². The maximum Gasteiger partial charge on any atom is 0.325 e. The highest BCUT2D eigenvalue weighted by molar-refractivity contribution is 7.16. The molecule has 0 saturated carbocycles. The summed E-state index contributed by atoms with van der Waals surface area (Å²) in [5, 5.41) is 0.376. The molecule has 152 valence electrons. The van der Waals surface area contributed by atoms with Crippen molar-refractivity contribution in [1.82, 2.24) is 4.57 Å². The molecule has 0 unspecified atom stereocenters. The monoisotopic (exact) mass is 424 g/mol. The van der Waals surface area contributed by atoms with Gasteiger partial charge in [0.25, 0.3) is 0 Å². The van der Waals surface area contributed by atoms with E-state index in [1.54, 1.807) is 41.0 Å². The summed E-state index contributed by atoms with van der Waals surface area (Å²) in [7, 11) is 2.79. The molecule has 2 heterocycles. The number of hydrogen-bond acceptors (Lipinski definition) is 7. The first-order valence-corrected chi connectivity index (χ1v) is 9.68. The highest BCUT2D eigenvalue weighted by Crippen LogP contribution is 2.27. The summed E-state index contributed by atoms with van der Waals surface area (Å²) in [4.78, 5) is 41.4. The molecule has 0 fully saturated rings. The van der Waals surface area contributed by atoms with Crippen LogP contribution in [0.2, 0.25) is 0 Å². The van der Waals surface area contributed by atoms with E-state index in [-0.39, 0.29) is 22.5 Å². The van der Waals surface area contributed by atoms with Gasteiger partial charge in [-0.1, -0.05) is 29.5 Å². The van der Waals surface area contributed by atoms with Gasteiger partial charge in [0.15, 0.2) is 16.0 Å². The Bertz CT molecular complexity index is 1410. The fraction of sp³-hybridized carbons (Fsp3) is 0.143. The van der Waals surface area contributed by atoms with E-state index in [4.69, 9.17) is 13.9 Å². The molecule has 30 heavy (non-hydrogen) atoms. The van der Waals surface area contributed by atoms with Crippen molar-refractivity contribution in [2.45, 2.75) is 6.54 Å². The number of carbonyl (C=O) groups is 2. The first kappa shape index (κ1) is 19.6. The Morgan fingerprint density at radius 3 is 2.70 bits per heavy atom. The van der Waals surface area contributed by atoms with Crippen molar-refractivity contribution < 1.29 is 23.5 Å². The van der Waals surface area contributed by atoms with E-state index in [1.165, 1.54) is 25.6 Å². The molecule has 1 amide bonds. The molecule has 0 aliphatic heterocycles. The summed E-state index contributed by atoms with van der Waals surface area (Å²) in [6, 6.07) is 13.1. The van der Waals surface area contributed by atoms with Crippen molar-refractivity contribution in [1.29, 1.82) is 0 Å². The Balaban J connectivity index is 1.90. The maximum atomic E-state index is 12.8. The highest BCUT2D eigenvalue weighted by Gasteiger charge is 2.17. The molecule has 4 aromatic rings. The quantitative estimate of drug-likeness (QED) is 0.467. The number of amides is 1. The van der Waals surface area contributed by atoms with Gasteiger partial charge in [0.05, 0.1) is 24.3 Å². The van der Waals surface area contributed by atoms with Crippen LogP contribution in [0, 0.1) is 0 Å². The number of nitrogens with zero attached hydrogens (tertiary/aromatic N) is 2. The van der Waals surface area contributed by atoms with Crippen LogP contribution in [0.1, 0.15) is 10.6 Å². The van der Waals surface area contributed by atoms with Gasteiger partial charge in [0.2, 0.25) is 0 Å². The lowest BCUT2D eigenvalue weighted by atomic mass is 10.2. The van der Waals surface area contributed by atoms with Crippen molar-refractivity contribution >= 4 is 44.4 Å². The third-order valence-electron chi connectivity index (χ3n) is 4.44. The zero-order valence-corrected chi connectivity index (χ0v) is 16.9. The summed E-state index contributed by atoms with van der Waals surface area (Å²) >= 11 is 1.20. The summed E-state index contributed by atoms with van der Waals surface area (Å²) in [5.74, 6) is -0.903. The molecular weight excluding hydrogens is 408 g/mol. The largest absolute Gasteiger partial charge is 0.495 e. The van der Waals surface area contributed by atoms with E-state index in [0.29, 0.717) is 22.2 Å². The average Bonchev–Trinajstić information content (AvgIpc) is 3.10. The van der Waals surface area contributed by atoms with Gasteiger partial charge in [0.1, 0.15) is 23.4 Å². The maximum absolute atomic E-state index is 12.8. The Morgan fingerprint density at radius 1 is 1.13 bits per heavy atom. The second kappa shape index (κ2) is 7.96. The Kier molecular flexibility index (Phi) is 5.20. The third kappa shape index (κ3) is 3.50. The van der Waals surface area contributed by atoms with Crippen LogP contribution in [-0.4, -0.2) is 30.7 Å². The minimum atomic E-state index is -0.734. The molecule has 0 spiro atoms. The van der Waals surface area contributed by atoms with Crippen LogP contribution in [0.5, 0.6) is 5.75 Å². The van der Waals surface area contributed by atoms with E-state index in [2.05, 4.69) is 4.99 Å². The number of aromatic nitrogens is 1. The van der Waals surface area contributed by atoms with Gasteiger partial charge in [-0.05, 0) is 24.3 Å². The number of carbonyl (C=O) groups excluding carboxylic acids is 2. The Morgan fingerprint density at radius 2 is 1.93 bits per heavy atom. The molecule has 0 saturated heterocycles. The molecule has 0 N–H and O–H groups in total. The number of benzene rings is 2. The second-order valence-corrected chi connectivity index (χ2v) is 7.25. The van der Waals surface area contributed by atoms with E-state index < -0.39 is 11.9 Å². The van der Waals surface area contributed by atoms with Crippen LogP contribution in [-0.2, 0) is 16.1 Å². The molecule has 0 aliphatic rings. The number of ether oxygens (including phenoxy) is 2. The topological polar surface area (TPSA) is 100 Å². The third-order valence-corrected chi connectivity index (χ3v) is 5.49. The van der Waals surface area contributed by atoms with Gasteiger partial charge in [-0.2, -0.15) is 4.99 Å².